The Bertz CT molecular complexity index is 904. The van der Waals surface area contributed by atoms with Crippen molar-refractivity contribution in [2.45, 2.75) is 0 Å². The molecule has 0 saturated carbocycles. The largest absolute Gasteiger partial charge is 0.457 e. The summed E-state index contributed by atoms with van der Waals surface area (Å²) in [5.74, 6) is 0.864. The van der Waals surface area contributed by atoms with Gasteiger partial charge in [0.2, 0.25) is 0 Å². The van der Waals surface area contributed by atoms with E-state index in [2.05, 4.69) is 6.07 Å². The van der Waals surface area contributed by atoms with Crippen LogP contribution >= 0.6 is 11.6 Å². The van der Waals surface area contributed by atoms with E-state index in [1.165, 1.54) is 12.1 Å². The van der Waals surface area contributed by atoms with Crippen LogP contribution in [0.5, 0.6) is 0 Å². The average Bonchev–Trinajstić information content (AvgIpc) is 3.02. The molecule has 0 fully saturated rings. The third kappa shape index (κ3) is 3.50. The molecule has 4 heteroatoms. The van der Waals surface area contributed by atoms with Gasteiger partial charge in [-0.3, -0.25) is 0 Å². The number of hydrogen-bond donors (Lipinski definition) is 0. The fourth-order valence-corrected chi connectivity index (χ4v) is 2.37. The van der Waals surface area contributed by atoms with Crippen molar-refractivity contribution in [2.75, 3.05) is 0 Å². The quantitative estimate of drug-likeness (QED) is 0.571. The molecule has 0 aliphatic rings. The summed E-state index contributed by atoms with van der Waals surface area (Å²) in [6.07, 6.45) is 1.63. The van der Waals surface area contributed by atoms with Gasteiger partial charge < -0.3 is 4.42 Å². The van der Waals surface area contributed by atoms with Crippen molar-refractivity contribution in [2.24, 2.45) is 0 Å². The highest BCUT2D eigenvalue weighted by molar-refractivity contribution is 6.30. The van der Waals surface area contributed by atoms with Gasteiger partial charge in [-0.25, -0.2) is 4.39 Å². The van der Waals surface area contributed by atoms with E-state index in [1.54, 1.807) is 36.4 Å². The minimum atomic E-state index is -0.340. The number of allylic oxidation sites excluding steroid dienone is 1. The lowest BCUT2D eigenvalue weighted by Crippen LogP contribution is -1.82. The number of nitrogens with zero attached hydrogens (tertiary/aromatic N) is 1. The number of halogens is 2. The minimum Gasteiger partial charge on any atom is -0.457 e. The van der Waals surface area contributed by atoms with Gasteiger partial charge in [0.05, 0.1) is 11.6 Å². The van der Waals surface area contributed by atoms with Crippen LogP contribution in [0.2, 0.25) is 5.02 Å². The maximum atomic E-state index is 13.0. The molecule has 0 radical (unpaired) electrons. The van der Waals surface area contributed by atoms with Crippen molar-refractivity contribution in [3.05, 3.63) is 82.8 Å². The van der Waals surface area contributed by atoms with E-state index in [4.69, 9.17) is 16.0 Å². The Morgan fingerprint density at radius 3 is 2.57 bits per heavy atom. The van der Waals surface area contributed by atoms with Gasteiger partial charge in [-0.05, 0) is 48.0 Å². The molecule has 112 valence electrons. The van der Waals surface area contributed by atoms with Crippen LogP contribution in [-0.4, -0.2) is 0 Å². The highest BCUT2D eigenvalue weighted by atomic mass is 35.5. The Hall–Kier alpha value is -2.83. The Kier molecular flexibility index (Phi) is 4.27. The smallest absolute Gasteiger partial charge is 0.134 e. The second-order valence-corrected chi connectivity index (χ2v) is 5.33. The van der Waals surface area contributed by atoms with Gasteiger partial charge in [0.25, 0.3) is 0 Å². The van der Waals surface area contributed by atoms with Gasteiger partial charge >= 0.3 is 0 Å². The van der Waals surface area contributed by atoms with Gasteiger partial charge in [-0.1, -0.05) is 35.9 Å². The maximum absolute atomic E-state index is 13.0. The van der Waals surface area contributed by atoms with Crippen LogP contribution in [0.15, 0.2) is 65.1 Å². The molecule has 1 aromatic heterocycles. The molecule has 0 aliphatic heterocycles. The third-order valence-electron chi connectivity index (χ3n) is 3.30. The minimum absolute atomic E-state index is 0.340. The monoisotopic (exact) mass is 323 g/mol. The molecule has 3 rings (SSSR count). The summed E-state index contributed by atoms with van der Waals surface area (Å²) in [6.45, 7) is 0. The van der Waals surface area contributed by atoms with Crippen molar-refractivity contribution in [3.8, 4) is 17.4 Å². The van der Waals surface area contributed by atoms with Gasteiger partial charge in [0, 0.05) is 10.6 Å². The van der Waals surface area contributed by atoms with Crippen molar-refractivity contribution >= 4 is 23.3 Å². The first-order chi connectivity index (χ1) is 11.2. The molecule has 0 saturated heterocycles. The van der Waals surface area contributed by atoms with Crippen LogP contribution < -0.4 is 0 Å². The number of hydrogen-bond acceptors (Lipinski definition) is 2. The molecule has 2 nitrogen and oxygen atoms in total. The zero-order valence-corrected chi connectivity index (χ0v) is 12.7. The Morgan fingerprint density at radius 1 is 1.09 bits per heavy atom. The van der Waals surface area contributed by atoms with Crippen LogP contribution in [0, 0.1) is 17.1 Å². The van der Waals surface area contributed by atoms with E-state index in [9.17, 15) is 9.65 Å². The molecule has 0 aliphatic carbocycles. The molecular formula is C19H11ClFNO. The lowest BCUT2D eigenvalue weighted by Gasteiger charge is -1.99. The first-order valence-electron chi connectivity index (χ1n) is 6.89. The molecule has 0 unspecified atom stereocenters. The molecule has 0 atom stereocenters. The number of nitriles is 1. The first-order valence-corrected chi connectivity index (χ1v) is 7.27. The summed E-state index contributed by atoms with van der Waals surface area (Å²) in [4.78, 5) is 0. The van der Waals surface area contributed by atoms with Crippen LogP contribution in [0.1, 0.15) is 11.3 Å². The van der Waals surface area contributed by atoms with E-state index in [0.29, 0.717) is 27.7 Å². The summed E-state index contributed by atoms with van der Waals surface area (Å²) in [5, 5.41) is 9.92. The van der Waals surface area contributed by atoms with E-state index in [0.717, 1.165) is 5.56 Å². The summed E-state index contributed by atoms with van der Waals surface area (Å²) < 4.78 is 18.7. The normalized spacial score (nSPS) is 11.3. The predicted octanol–water partition coefficient (Wildman–Crippen LogP) is 5.80. The lowest BCUT2D eigenvalue weighted by atomic mass is 10.1. The topological polar surface area (TPSA) is 36.9 Å². The molecular weight excluding hydrogens is 313 g/mol. The van der Waals surface area contributed by atoms with Crippen molar-refractivity contribution in [1.29, 1.82) is 5.26 Å². The number of rotatable bonds is 3. The van der Waals surface area contributed by atoms with Gasteiger partial charge in [0.15, 0.2) is 0 Å². The maximum Gasteiger partial charge on any atom is 0.134 e. The van der Waals surface area contributed by atoms with Crippen molar-refractivity contribution < 1.29 is 8.81 Å². The molecule has 0 spiro atoms. The molecule has 0 bridgehead atoms. The highest BCUT2D eigenvalue weighted by Crippen LogP contribution is 2.27. The highest BCUT2D eigenvalue weighted by Gasteiger charge is 2.07. The number of benzene rings is 2. The van der Waals surface area contributed by atoms with Crippen molar-refractivity contribution in [3.63, 3.8) is 0 Å². The number of furan rings is 1. The van der Waals surface area contributed by atoms with Gasteiger partial charge in [0.1, 0.15) is 17.3 Å². The second kappa shape index (κ2) is 6.51. The van der Waals surface area contributed by atoms with Crippen LogP contribution in [-0.2, 0) is 0 Å². The third-order valence-corrected chi connectivity index (χ3v) is 3.53. The summed E-state index contributed by atoms with van der Waals surface area (Å²) >= 11 is 5.97. The molecule has 0 N–H and O–H groups in total. The predicted molar refractivity (Wildman–Crippen MR) is 89.0 cm³/mol. The summed E-state index contributed by atoms with van der Waals surface area (Å²) in [6, 6.07) is 18.8. The Morgan fingerprint density at radius 2 is 1.87 bits per heavy atom. The molecule has 3 aromatic rings. The fourth-order valence-electron chi connectivity index (χ4n) is 2.18. The van der Waals surface area contributed by atoms with Crippen LogP contribution in [0.4, 0.5) is 4.39 Å². The SMILES string of the molecule is N#CC(=Cc1ccc(-c2cccc(Cl)c2)o1)c1ccc(F)cc1. The van der Waals surface area contributed by atoms with Crippen molar-refractivity contribution in [1.82, 2.24) is 0 Å². The average molecular weight is 324 g/mol. The lowest BCUT2D eigenvalue weighted by molar-refractivity contribution is 0.572. The first kappa shape index (κ1) is 15.1. The zero-order valence-electron chi connectivity index (χ0n) is 12.0. The second-order valence-electron chi connectivity index (χ2n) is 4.89. The molecule has 2 aromatic carbocycles. The Labute approximate surface area is 138 Å². The zero-order chi connectivity index (χ0) is 16.2. The summed E-state index contributed by atoms with van der Waals surface area (Å²) in [5.41, 5.74) is 1.89. The standard InChI is InChI=1S/C19H11ClFNO/c20-16-3-1-2-14(10-16)19-9-8-18(23-19)11-15(12-22)13-4-6-17(21)7-5-13/h1-11H. The Balaban J connectivity index is 1.93. The van der Waals surface area contributed by atoms with E-state index < -0.39 is 0 Å². The van der Waals surface area contributed by atoms with E-state index >= 15 is 0 Å². The van der Waals surface area contributed by atoms with Crippen LogP contribution in [0.25, 0.3) is 23.0 Å². The van der Waals surface area contributed by atoms with Gasteiger partial charge in [-0.2, -0.15) is 5.26 Å². The van der Waals surface area contributed by atoms with Gasteiger partial charge in [-0.15, -0.1) is 0 Å². The van der Waals surface area contributed by atoms with E-state index in [-0.39, 0.29) is 5.82 Å². The molecule has 1 heterocycles. The molecule has 0 amide bonds. The fraction of sp³-hybridized carbons (Fsp3) is 0. The van der Waals surface area contributed by atoms with E-state index in [1.807, 2.05) is 18.2 Å². The van der Waals surface area contributed by atoms with Crippen LogP contribution in [0.3, 0.4) is 0 Å². The summed E-state index contributed by atoms with van der Waals surface area (Å²) in [7, 11) is 0. The molecule has 23 heavy (non-hydrogen) atoms.